The van der Waals surface area contributed by atoms with E-state index in [-0.39, 0.29) is 11.8 Å². The summed E-state index contributed by atoms with van der Waals surface area (Å²) in [5, 5.41) is 0. The lowest BCUT2D eigenvalue weighted by molar-refractivity contribution is 0.299. The number of methoxy groups -OCH3 is 2. The van der Waals surface area contributed by atoms with Gasteiger partial charge in [-0.25, -0.2) is 4.39 Å². The minimum atomic E-state index is -0.404. The minimum Gasteiger partial charge on any atom is -0.496 e. The molecule has 1 aliphatic heterocycles. The number of rotatable bonds is 4. The number of nitrogens with zero attached hydrogens (tertiary/aromatic N) is 1. The third kappa shape index (κ3) is 2.67. The first-order chi connectivity index (χ1) is 9.10. The number of hydrogen-bond donors (Lipinski definition) is 1. The fraction of sp³-hybridized carbons (Fsp3) is 0.571. The summed E-state index contributed by atoms with van der Waals surface area (Å²) in [6, 6.07) is 3.31. The molecule has 2 unspecified atom stereocenters. The Morgan fingerprint density at radius 2 is 2.00 bits per heavy atom. The molecule has 0 saturated carbocycles. The number of halogens is 1. The summed E-state index contributed by atoms with van der Waals surface area (Å²) in [6.45, 7) is 1.62. The molecule has 0 spiro atoms. The Morgan fingerprint density at radius 1 is 1.32 bits per heavy atom. The second-order valence-electron chi connectivity index (χ2n) is 5.02. The molecule has 2 N–H and O–H groups in total. The molecule has 1 heterocycles. The Kier molecular flexibility index (Phi) is 4.27. The normalized spacial score (nSPS) is 23.6. The zero-order chi connectivity index (χ0) is 14.0. The van der Waals surface area contributed by atoms with Crippen LogP contribution in [0.25, 0.3) is 0 Å². The van der Waals surface area contributed by atoms with E-state index in [0.29, 0.717) is 18.2 Å². The van der Waals surface area contributed by atoms with Crippen LogP contribution in [0.3, 0.4) is 0 Å². The van der Waals surface area contributed by atoms with Gasteiger partial charge in [0.2, 0.25) is 0 Å². The van der Waals surface area contributed by atoms with E-state index < -0.39 is 5.82 Å². The van der Waals surface area contributed by atoms with E-state index in [4.69, 9.17) is 15.2 Å². The predicted octanol–water partition coefficient (Wildman–Crippen LogP) is 1.79. The predicted molar refractivity (Wildman–Crippen MR) is 72.0 cm³/mol. The van der Waals surface area contributed by atoms with Gasteiger partial charge in [-0.3, -0.25) is 4.90 Å². The summed E-state index contributed by atoms with van der Waals surface area (Å²) >= 11 is 0. The molecule has 0 amide bonds. The van der Waals surface area contributed by atoms with Crippen molar-refractivity contribution >= 4 is 0 Å². The largest absolute Gasteiger partial charge is 0.496 e. The van der Waals surface area contributed by atoms with Crippen molar-refractivity contribution in [3.63, 3.8) is 0 Å². The molecule has 4 nitrogen and oxygen atoms in total. The zero-order valence-electron chi connectivity index (χ0n) is 11.6. The molecule has 1 aromatic carbocycles. The monoisotopic (exact) mass is 268 g/mol. The Balaban J connectivity index is 2.38. The third-order valence-corrected chi connectivity index (χ3v) is 3.83. The number of hydrogen-bond acceptors (Lipinski definition) is 4. The summed E-state index contributed by atoms with van der Waals surface area (Å²) in [4.78, 5) is 2.23. The van der Waals surface area contributed by atoms with Gasteiger partial charge >= 0.3 is 0 Å². The van der Waals surface area contributed by atoms with Gasteiger partial charge in [0, 0.05) is 24.2 Å². The van der Waals surface area contributed by atoms with Gasteiger partial charge in [-0.2, -0.15) is 0 Å². The molecule has 5 heteroatoms. The average Bonchev–Trinajstić information content (AvgIpc) is 2.79. The maximum Gasteiger partial charge on any atom is 0.168 e. The van der Waals surface area contributed by atoms with Gasteiger partial charge in [0.25, 0.3) is 0 Å². The zero-order valence-corrected chi connectivity index (χ0v) is 11.6. The van der Waals surface area contributed by atoms with E-state index in [9.17, 15) is 4.39 Å². The van der Waals surface area contributed by atoms with E-state index in [1.807, 2.05) is 0 Å². The highest BCUT2D eigenvalue weighted by Crippen LogP contribution is 2.40. The molecule has 19 heavy (non-hydrogen) atoms. The van der Waals surface area contributed by atoms with Crippen LogP contribution in [0.15, 0.2) is 12.1 Å². The smallest absolute Gasteiger partial charge is 0.168 e. The fourth-order valence-electron chi connectivity index (χ4n) is 2.78. The Bertz CT molecular complexity index is 453. The maximum absolute atomic E-state index is 13.7. The Morgan fingerprint density at radius 3 is 2.53 bits per heavy atom. The van der Waals surface area contributed by atoms with Crippen LogP contribution in [0.2, 0.25) is 0 Å². The second-order valence-corrected chi connectivity index (χ2v) is 5.02. The molecule has 2 atom stereocenters. The molecule has 0 radical (unpaired) electrons. The van der Waals surface area contributed by atoms with Gasteiger partial charge < -0.3 is 15.2 Å². The van der Waals surface area contributed by atoms with Gasteiger partial charge in [0.1, 0.15) is 5.75 Å². The first kappa shape index (κ1) is 14.1. The highest BCUT2D eigenvalue weighted by Gasteiger charge is 2.32. The minimum absolute atomic E-state index is 0.193. The fourth-order valence-corrected chi connectivity index (χ4v) is 2.78. The molecule has 0 aromatic heterocycles. The van der Waals surface area contributed by atoms with E-state index in [0.717, 1.165) is 18.5 Å². The maximum atomic E-state index is 13.7. The van der Waals surface area contributed by atoms with Crippen molar-refractivity contribution < 1.29 is 13.9 Å². The summed E-state index contributed by atoms with van der Waals surface area (Å²) in [7, 11) is 5.07. The van der Waals surface area contributed by atoms with Crippen molar-refractivity contribution in [2.45, 2.75) is 12.5 Å². The number of benzene rings is 1. The highest BCUT2D eigenvalue weighted by molar-refractivity contribution is 5.43. The SMILES string of the molecule is COc1cc(C2CC(CN)CN2C)c(OC)cc1F. The van der Waals surface area contributed by atoms with Gasteiger partial charge in [0.15, 0.2) is 11.6 Å². The summed E-state index contributed by atoms with van der Waals surface area (Å²) in [6.07, 6.45) is 0.956. The first-order valence-corrected chi connectivity index (χ1v) is 6.42. The van der Waals surface area contributed by atoms with E-state index in [1.165, 1.54) is 13.2 Å². The summed E-state index contributed by atoms with van der Waals surface area (Å²) < 4.78 is 24.1. The molecule has 106 valence electrons. The molecule has 0 bridgehead atoms. The van der Waals surface area contributed by atoms with Crippen LogP contribution in [0, 0.1) is 11.7 Å². The van der Waals surface area contributed by atoms with Crippen molar-refractivity contribution in [1.29, 1.82) is 0 Å². The number of likely N-dealkylation sites (tertiary alicyclic amines) is 1. The molecular weight excluding hydrogens is 247 g/mol. The van der Waals surface area contributed by atoms with Gasteiger partial charge in [0.05, 0.1) is 14.2 Å². The average molecular weight is 268 g/mol. The molecular formula is C14H21FN2O2. The molecule has 1 aliphatic rings. The van der Waals surface area contributed by atoms with Crippen LogP contribution in [0.4, 0.5) is 4.39 Å². The quantitative estimate of drug-likeness (QED) is 0.904. The lowest BCUT2D eigenvalue weighted by Gasteiger charge is -2.22. The van der Waals surface area contributed by atoms with Crippen molar-refractivity contribution in [3.8, 4) is 11.5 Å². The standard InChI is InChI=1S/C14H21FN2O2/c1-17-8-9(7-16)4-12(17)10-5-14(19-3)11(15)6-13(10)18-2/h5-6,9,12H,4,7-8,16H2,1-3H3. The van der Waals surface area contributed by atoms with Crippen LogP contribution in [-0.2, 0) is 0 Å². The topological polar surface area (TPSA) is 47.7 Å². The van der Waals surface area contributed by atoms with Crippen LogP contribution in [-0.4, -0.2) is 39.3 Å². The lowest BCUT2D eigenvalue weighted by atomic mass is 9.98. The van der Waals surface area contributed by atoms with Crippen LogP contribution < -0.4 is 15.2 Å². The molecule has 1 saturated heterocycles. The summed E-state index contributed by atoms with van der Waals surface area (Å²) in [5.74, 6) is 0.878. The van der Waals surface area contributed by atoms with E-state index >= 15 is 0 Å². The summed E-state index contributed by atoms with van der Waals surface area (Å²) in [5.41, 5.74) is 6.70. The highest BCUT2D eigenvalue weighted by atomic mass is 19.1. The van der Waals surface area contributed by atoms with Crippen molar-refractivity contribution in [2.75, 3.05) is 34.4 Å². The second kappa shape index (κ2) is 5.75. The van der Waals surface area contributed by atoms with Gasteiger partial charge in [-0.1, -0.05) is 0 Å². The molecule has 2 rings (SSSR count). The van der Waals surface area contributed by atoms with Crippen LogP contribution >= 0.6 is 0 Å². The number of ether oxygens (including phenoxy) is 2. The first-order valence-electron chi connectivity index (χ1n) is 6.42. The van der Waals surface area contributed by atoms with Crippen LogP contribution in [0.1, 0.15) is 18.0 Å². The van der Waals surface area contributed by atoms with Gasteiger partial charge in [-0.05, 0) is 32.0 Å². The van der Waals surface area contributed by atoms with Crippen molar-refractivity contribution in [1.82, 2.24) is 4.90 Å². The molecule has 1 aromatic rings. The van der Waals surface area contributed by atoms with E-state index in [2.05, 4.69) is 11.9 Å². The van der Waals surface area contributed by atoms with Gasteiger partial charge in [-0.15, -0.1) is 0 Å². The van der Waals surface area contributed by atoms with Crippen LogP contribution in [0.5, 0.6) is 11.5 Å². The van der Waals surface area contributed by atoms with Crippen molar-refractivity contribution in [2.24, 2.45) is 11.7 Å². The molecule has 0 aliphatic carbocycles. The van der Waals surface area contributed by atoms with E-state index in [1.54, 1.807) is 13.2 Å². The Labute approximate surface area is 113 Å². The Hall–Kier alpha value is -1.33. The lowest BCUT2D eigenvalue weighted by Crippen LogP contribution is -2.21. The number of nitrogens with two attached hydrogens (primary N) is 1. The molecule has 1 fully saturated rings. The third-order valence-electron chi connectivity index (χ3n) is 3.83. The van der Waals surface area contributed by atoms with Crippen molar-refractivity contribution in [3.05, 3.63) is 23.5 Å².